The molecule has 0 atom stereocenters. The molecule has 6 nitrogen and oxygen atoms in total. The minimum absolute atomic E-state index is 0.188. The lowest BCUT2D eigenvalue weighted by Crippen LogP contribution is -2.37. The van der Waals surface area contributed by atoms with E-state index in [0.29, 0.717) is 28.5 Å². The van der Waals surface area contributed by atoms with Gasteiger partial charge in [-0.05, 0) is 55.7 Å². The summed E-state index contributed by atoms with van der Waals surface area (Å²) in [6.07, 6.45) is 6.16. The molecule has 0 bridgehead atoms. The summed E-state index contributed by atoms with van der Waals surface area (Å²) in [5.41, 5.74) is 1.19. The van der Waals surface area contributed by atoms with E-state index in [9.17, 15) is 14.4 Å². The van der Waals surface area contributed by atoms with Crippen LogP contribution in [0, 0.1) is 0 Å². The third-order valence-electron chi connectivity index (χ3n) is 5.76. The summed E-state index contributed by atoms with van der Waals surface area (Å²) >= 11 is 1.31. The molecule has 2 amide bonds. The van der Waals surface area contributed by atoms with Crippen LogP contribution in [0.15, 0.2) is 70.1 Å². The Balaban J connectivity index is 1.59. The van der Waals surface area contributed by atoms with Gasteiger partial charge in [0.25, 0.3) is 11.8 Å². The highest BCUT2D eigenvalue weighted by atomic mass is 32.2. The van der Waals surface area contributed by atoms with Crippen molar-refractivity contribution >= 4 is 35.2 Å². The van der Waals surface area contributed by atoms with E-state index in [1.54, 1.807) is 24.3 Å². The molecule has 0 radical (unpaired) electrons. The number of nitrogens with one attached hydrogen (secondary N) is 1. The van der Waals surface area contributed by atoms with Crippen LogP contribution in [0.1, 0.15) is 55.8 Å². The van der Waals surface area contributed by atoms with Gasteiger partial charge in [-0.25, -0.2) is 9.69 Å². The number of amides is 2. The SMILES string of the molecule is CCCOC(=O)c1ccc(N2C(=O)C(NC3CCCCC3)=C(Sc3ccccc3)C2=O)cc1. The van der Waals surface area contributed by atoms with Crippen molar-refractivity contribution in [1.29, 1.82) is 0 Å². The van der Waals surface area contributed by atoms with E-state index in [-0.39, 0.29) is 17.9 Å². The first-order valence-electron chi connectivity index (χ1n) is 11.5. The van der Waals surface area contributed by atoms with Crippen molar-refractivity contribution in [2.24, 2.45) is 0 Å². The Hall–Kier alpha value is -3.06. The minimum Gasteiger partial charge on any atom is -0.462 e. The molecule has 172 valence electrons. The van der Waals surface area contributed by atoms with Gasteiger partial charge in [-0.1, -0.05) is 56.1 Å². The number of esters is 1. The van der Waals surface area contributed by atoms with Gasteiger partial charge < -0.3 is 10.1 Å². The summed E-state index contributed by atoms with van der Waals surface area (Å²) in [4.78, 5) is 41.5. The lowest BCUT2D eigenvalue weighted by atomic mass is 9.95. The average Bonchev–Trinajstić information content (AvgIpc) is 3.08. The predicted octanol–water partition coefficient (Wildman–Crippen LogP) is 5.05. The Labute approximate surface area is 198 Å². The van der Waals surface area contributed by atoms with Gasteiger partial charge in [-0.3, -0.25) is 9.59 Å². The zero-order valence-corrected chi connectivity index (χ0v) is 19.5. The maximum absolute atomic E-state index is 13.4. The van der Waals surface area contributed by atoms with Crippen molar-refractivity contribution in [1.82, 2.24) is 5.32 Å². The lowest BCUT2D eigenvalue weighted by molar-refractivity contribution is -0.120. The molecule has 1 fully saturated rings. The standard InChI is InChI=1S/C26H28N2O4S/c1-2-17-32-26(31)18-13-15-20(16-14-18)28-24(29)22(27-19-9-5-3-6-10-19)23(25(28)30)33-21-11-7-4-8-12-21/h4,7-8,11-16,19,27H,2-3,5-6,9-10,17H2,1H3. The maximum Gasteiger partial charge on any atom is 0.338 e. The molecule has 1 aliphatic carbocycles. The number of anilines is 1. The van der Waals surface area contributed by atoms with Gasteiger partial charge in [0.2, 0.25) is 0 Å². The van der Waals surface area contributed by atoms with Gasteiger partial charge in [0, 0.05) is 10.9 Å². The van der Waals surface area contributed by atoms with E-state index in [0.717, 1.165) is 37.0 Å². The molecular weight excluding hydrogens is 436 g/mol. The van der Waals surface area contributed by atoms with Crippen molar-refractivity contribution in [2.75, 3.05) is 11.5 Å². The first-order chi connectivity index (χ1) is 16.1. The second kappa shape index (κ2) is 10.7. The molecule has 2 aromatic carbocycles. The first-order valence-corrected chi connectivity index (χ1v) is 12.3. The molecule has 1 saturated carbocycles. The Kier molecular flexibility index (Phi) is 7.50. The highest BCUT2D eigenvalue weighted by Crippen LogP contribution is 2.37. The van der Waals surface area contributed by atoms with Crippen LogP contribution >= 0.6 is 11.8 Å². The molecule has 0 aromatic heterocycles. The van der Waals surface area contributed by atoms with Gasteiger partial charge in [0.05, 0.1) is 17.9 Å². The van der Waals surface area contributed by atoms with E-state index in [4.69, 9.17) is 4.74 Å². The Morgan fingerprint density at radius 3 is 2.36 bits per heavy atom. The van der Waals surface area contributed by atoms with Crippen molar-refractivity contribution in [2.45, 2.75) is 56.4 Å². The largest absolute Gasteiger partial charge is 0.462 e. The third kappa shape index (κ3) is 5.30. The summed E-state index contributed by atoms with van der Waals surface area (Å²) in [6.45, 7) is 2.28. The van der Waals surface area contributed by atoms with E-state index >= 15 is 0 Å². The fraction of sp³-hybridized carbons (Fsp3) is 0.346. The van der Waals surface area contributed by atoms with Crippen LogP contribution in [-0.4, -0.2) is 30.4 Å². The summed E-state index contributed by atoms with van der Waals surface area (Å²) in [5.74, 6) is -1.13. The monoisotopic (exact) mass is 464 g/mol. The van der Waals surface area contributed by atoms with Gasteiger partial charge in [0.15, 0.2) is 0 Å². The Bertz CT molecular complexity index is 1040. The highest BCUT2D eigenvalue weighted by molar-refractivity contribution is 8.04. The first kappa shape index (κ1) is 23.1. The number of benzene rings is 2. The van der Waals surface area contributed by atoms with Crippen LogP contribution in [0.5, 0.6) is 0 Å². The second-order valence-electron chi connectivity index (χ2n) is 8.23. The van der Waals surface area contributed by atoms with Crippen LogP contribution in [0.2, 0.25) is 0 Å². The summed E-state index contributed by atoms with van der Waals surface area (Å²) in [7, 11) is 0. The molecule has 0 spiro atoms. The van der Waals surface area contributed by atoms with Crippen LogP contribution < -0.4 is 10.2 Å². The molecule has 33 heavy (non-hydrogen) atoms. The molecule has 2 aromatic rings. The molecule has 7 heteroatoms. The number of rotatable bonds is 8. The summed E-state index contributed by atoms with van der Waals surface area (Å²) < 4.78 is 5.16. The number of thioether (sulfide) groups is 1. The number of nitrogens with zero attached hydrogens (tertiary/aromatic N) is 1. The fourth-order valence-electron chi connectivity index (χ4n) is 4.05. The van der Waals surface area contributed by atoms with Crippen LogP contribution in [0.25, 0.3) is 0 Å². The summed E-state index contributed by atoms with van der Waals surface area (Å²) in [6, 6.07) is 16.2. The smallest absolute Gasteiger partial charge is 0.338 e. The lowest BCUT2D eigenvalue weighted by Gasteiger charge is -2.24. The number of ether oxygens (including phenoxy) is 1. The fourth-order valence-corrected chi connectivity index (χ4v) is 5.00. The number of carbonyl (C=O) groups is 3. The maximum atomic E-state index is 13.4. The van der Waals surface area contributed by atoms with Gasteiger partial charge in [0.1, 0.15) is 10.6 Å². The van der Waals surface area contributed by atoms with E-state index in [1.165, 1.54) is 23.1 Å². The van der Waals surface area contributed by atoms with Crippen molar-refractivity contribution < 1.29 is 19.1 Å². The highest BCUT2D eigenvalue weighted by Gasteiger charge is 2.41. The molecule has 4 rings (SSSR count). The number of hydrogen-bond donors (Lipinski definition) is 1. The van der Waals surface area contributed by atoms with Crippen molar-refractivity contribution in [3.63, 3.8) is 0 Å². The van der Waals surface area contributed by atoms with Crippen molar-refractivity contribution in [3.05, 3.63) is 70.8 Å². The van der Waals surface area contributed by atoms with Gasteiger partial charge in [-0.15, -0.1) is 0 Å². The topological polar surface area (TPSA) is 75.7 Å². The molecule has 1 heterocycles. The van der Waals surface area contributed by atoms with E-state index in [2.05, 4.69) is 5.32 Å². The van der Waals surface area contributed by atoms with Gasteiger partial charge >= 0.3 is 5.97 Å². The second-order valence-corrected chi connectivity index (χ2v) is 9.31. The van der Waals surface area contributed by atoms with E-state index < -0.39 is 5.97 Å². The third-order valence-corrected chi connectivity index (χ3v) is 6.85. The zero-order valence-electron chi connectivity index (χ0n) is 18.7. The summed E-state index contributed by atoms with van der Waals surface area (Å²) in [5, 5.41) is 3.39. The van der Waals surface area contributed by atoms with Crippen LogP contribution in [0.3, 0.4) is 0 Å². The normalized spacial score (nSPS) is 16.9. The molecule has 2 aliphatic rings. The Morgan fingerprint density at radius 1 is 1.00 bits per heavy atom. The number of hydrogen-bond acceptors (Lipinski definition) is 6. The van der Waals surface area contributed by atoms with Crippen LogP contribution in [0.4, 0.5) is 5.69 Å². The molecule has 0 saturated heterocycles. The number of imide groups is 1. The Morgan fingerprint density at radius 2 is 1.70 bits per heavy atom. The molecule has 1 aliphatic heterocycles. The predicted molar refractivity (Wildman–Crippen MR) is 129 cm³/mol. The molecule has 0 unspecified atom stereocenters. The van der Waals surface area contributed by atoms with Gasteiger partial charge in [-0.2, -0.15) is 0 Å². The van der Waals surface area contributed by atoms with E-state index in [1.807, 2.05) is 37.3 Å². The average molecular weight is 465 g/mol. The van der Waals surface area contributed by atoms with Crippen molar-refractivity contribution in [3.8, 4) is 0 Å². The minimum atomic E-state index is -0.416. The molecular formula is C26H28N2O4S. The zero-order chi connectivity index (χ0) is 23.2. The quantitative estimate of drug-likeness (QED) is 0.435. The molecule has 1 N–H and O–H groups in total. The van der Waals surface area contributed by atoms with Crippen LogP contribution in [-0.2, 0) is 14.3 Å². The number of carbonyl (C=O) groups excluding carboxylic acids is 3.